The van der Waals surface area contributed by atoms with Crippen molar-refractivity contribution in [2.45, 2.75) is 6.92 Å². The van der Waals surface area contributed by atoms with Crippen LogP contribution in [0.25, 0.3) is 23.3 Å². The molecule has 0 unspecified atom stereocenters. The number of rotatable bonds is 10. The van der Waals surface area contributed by atoms with Gasteiger partial charge in [-0.15, -0.1) is 0 Å². The zero-order valence-corrected chi connectivity index (χ0v) is 27.6. The van der Waals surface area contributed by atoms with E-state index < -0.39 is 0 Å². The van der Waals surface area contributed by atoms with Crippen molar-refractivity contribution in [1.29, 1.82) is 0 Å². The first kappa shape index (κ1) is 31.2. The summed E-state index contributed by atoms with van der Waals surface area (Å²) in [5, 5.41) is 0. The molecule has 0 radical (unpaired) electrons. The Hall–Kier alpha value is -6.38. The topological polar surface area (TPSA) is 6.48 Å². The average molecular weight is 631 g/mol. The minimum atomic E-state index is 1.11. The molecule has 2 heteroatoms. The van der Waals surface area contributed by atoms with Crippen molar-refractivity contribution in [3.05, 3.63) is 217 Å². The first-order valence-corrected chi connectivity index (χ1v) is 16.7. The van der Waals surface area contributed by atoms with Crippen molar-refractivity contribution < 1.29 is 0 Å². The molecule has 0 saturated heterocycles. The van der Waals surface area contributed by atoms with Gasteiger partial charge in [0.05, 0.1) is 0 Å². The fourth-order valence-electron chi connectivity index (χ4n) is 5.98. The molecule has 0 amide bonds. The van der Waals surface area contributed by atoms with Crippen LogP contribution in [-0.2, 0) is 0 Å². The summed E-state index contributed by atoms with van der Waals surface area (Å²) in [6.45, 7) is 2.12. The van der Waals surface area contributed by atoms with Gasteiger partial charge in [-0.2, -0.15) is 0 Å². The molecule has 0 fully saturated rings. The Morgan fingerprint density at radius 3 is 1.02 bits per heavy atom. The number of allylic oxidation sites excluding steroid dienone is 2. The highest BCUT2D eigenvalue weighted by Crippen LogP contribution is 2.38. The molecule has 0 aliphatic carbocycles. The third-order valence-electron chi connectivity index (χ3n) is 8.54. The molecule has 49 heavy (non-hydrogen) atoms. The summed E-state index contributed by atoms with van der Waals surface area (Å²) in [7, 11) is 0. The van der Waals surface area contributed by atoms with Crippen LogP contribution in [0, 0.1) is 6.92 Å². The van der Waals surface area contributed by atoms with Crippen LogP contribution in [0.1, 0.15) is 16.7 Å². The molecule has 0 aliphatic heterocycles. The summed E-state index contributed by atoms with van der Waals surface area (Å²) >= 11 is 0. The van der Waals surface area contributed by atoms with Gasteiger partial charge < -0.3 is 9.80 Å². The molecule has 0 heterocycles. The number of anilines is 6. The second-order valence-corrected chi connectivity index (χ2v) is 12.0. The summed E-state index contributed by atoms with van der Waals surface area (Å²) in [5.74, 6) is 0. The Labute approximate surface area is 290 Å². The molecule has 0 aliphatic rings. The summed E-state index contributed by atoms with van der Waals surface area (Å²) < 4.78 is 0. The Morgan fingerprint density at radius 2 is 0.612 bits per heavy atom. The van der Waals surface area contributed by atoms with E-state index in [9.17, 15) is 0 Å². The summed E-state index contributed by atoms with van der Waals surface area (Å²) in [4.78, 5) is 4.60. The molecule has 7 aromatic carbocycles. The van der Waals surface area contributed by atoms with Crippen molar-refractivity contribution >= 4 is 46.3 Å². The number of hydrogen-bond donors (Lipinski definition) is 0. The van der Waals surface area contributed by atoms with Gasteiger partial charge in [-0.05, 0) is 102 Å². The quantitative estimate of drug-likeness (QED) is 0.139. The Kier molecular flexibility index (Phi) is 9.57. The van der Waals surface area contributed by atoms with Crippen LogP contribution in [0.4, 0.5) is 34.1 Å². The summed E-state index contributed by atoms with van der Waals surface area (Å²) in [5.41, 5.74) is 12.7. The Bertz CT molecular complexity index is 2110. The van der Waals surface area contributed by atoms with Crippen molar-refractivity contribution in [3.63, 3.8) is 0 Å². The fraction of sp³-hybridized carbons (Fsp3) is 0.0213. The lowest BCUT2D eigenvalue weighted by Crippen LogP contribution is -2.10. The van der Waals surface area contributed by atoms with E-state index in [0.29, 0.717) is 0 Å². The molecule has 0 bridgehead atoms. The molecule has 7 aromatic rings. The lowest BCUT2D eigenvalue weighted by molar-refractivity contribution is 1.27. The van der Waals surface area contributed by atoms with Gasteiger partial charge in [-0.3, -0.25) is 0 Å². The van der Waals surface area contributed by atoms with Gasteiger partial charge in [0.15, 0.2) is 0 Å². The van der Waals surface area contributed by atoms with Crippen LogP contribution in [-0.4, -0.2) is 0 Å². The van der Waals surface area contributed by atoms with E-state index in [1.807, 2.05) is 6.07 Å². The fourth-order valence-corrected chi connectivity index (χ4v) is 5.98. The molecule has 7 rings (SSSR count). The maximum Gasteiger partial charge on any atom is 0.0462 e. The van der Waals surface area contributed by atoms with Crippen molar-refractivity contribution in [3.8, 4) is 11.1 Å². The summed E-state index contributed by atoms with van der Waals surface area (Å²) in [6, 6.07) is 66.5. The number of para-hydroxylation sites is 2. The van der Waals surface area contributed by atoms with E-state index in [1.54, 1.807) is 0 Å². The highest BCUT2D eigenvalue weighted by molar-refractivity contribution is 5.81. The third kappa shape index (κ3) is 7.62. The lowest BCUT2D eigenvalue weighted by atomic mass is 10.0. The van der Waals surface area contributed by atoms with E-state index in [1.165, 1.54) is 22.3 Å². The number of nitrogens with zero attached hydrogens (tertiary/aromatic N) is 2. The van der Waals surface area contributed by atoms with E-state index in [2.05, 4.69) is 223 Å². The lowest BCUT2D eigenvalue weighted by Gasteiger charge is -2.26. The predicted molar refractivity (Wildman–Crippen MR) is 210 cm³/mol. The van der Waals surface area contributed by atoms with Gasteiger partial charge in [0, 0.05) is 34.1 Å². The van der Waals surface area contributed by atoms with Crippen molar-refractivity contribution in [2.24, 2.45) is 0 Å². The van der Waals surface area contributed by atoms with E-state index in [4.69, 9.17) is 0 Å². The monoisotopic (exact) mass is 630 g/mol. The minimum Gasteiger partial charge on any atom is -0.311 e. The predicted octanol–water partition coefficient (Wildman–Crippen LogP) is 13.3. The van der Waals surface area contributed by atoms with Gasteiger partial charge in [0.2, 0.25) is 0 Å². The highest BCUT2D eigenvalue weighted by atomic mass is 15.1. The van der Waals surface area contributed by atoms with Gasteiger partial charge in [0.1, 0.15) is 0 Å². The van der Waals surface area contributed by atoms with Crippen LogP contribution < -0.4 is 9.80 Å². The first-order valence-electron chi connectivity index (χ1n) is 16.7. The smallest absolute Gasteiger partial charge is 0.0462 e. The highest BCUT2D eigenvalue weighted by Gasteiger charge is 2.14. The second-order valence-electron chi connectivity index (χ2n) is 12.0. The molecule has 236 valence electrons. The van der Waals surface area contributed by atoms with Gasteiger partial charge in [0.25, 0.3) is 0 Å². The van der Waals surface area contributed by atoms with E-state index in [0.717, 1.165) is 39.7 Å². The Morgan fingerprint density at radius 1 is 0.306 bits per heavy atom. The van der Waals surface area contributed by atoms with Crippen LogP contribution in [0.3, 0.4) is 0 Å². The second kappa shape index (κ2) is 15.0. The average Bonchev–Trinajstić information content (AvgIpc) is 3.17. The number of hydrogen-bond acceptors (Lipinski definition) is 2. The van der Waals surface area contributed by atoms with Crippen LogP contribution in [0.15, 0.2) is 200 Å². The van der Waals surface area contributed by atoms with Crippen LogP contribution >= 0.6 is 0 Å². The van der Waals surface area contributed by atoms with Crippen LogP contribution in [0.2, 0.25) is 0 Å². The zero-order valence-electron chi connectivity index (χ0n) is 27.6. The first-order chi connectivity index (χ1) is 24.2. The standard InChI is InChI=1S/C47H38N2/c1-37-21-29-44(30-22-37)48(42-17-7-3-8-18-42)46-33-25-40(26-34-46)41-27-35-47(36-28-41)49(43-19-9-4-10-20-43)45-31-23-39(24-32-45)16-12-11-15-38-13-5-2-6-14-38/h2-36H,1H3/b15-11+,16-12+. The third-order valence-corrected chi connectivity index (χ3v) is 8.54. The molecular weight excluding hydrogens is 593 g/mol. The number of benzene rings is 7. The SMILES string of the molecule is Cc1ccc(N(c2ccccc2)c2ccc(-c3ccc(N(c4ccccc4)c4ccc(/C=C/C=C/c5ccccc5)cc4)cc3)cc2)cc1. The van der Waals surface area contributed by atoms with E-state index in [-0.39, 0.29) is 0 Å². The normalized spacial score (nSPS) is 11.2. The van der Waals surface area contributed by atoms with Gasteiger partial charge in [-0.25, -0.2) is 0 Å². The molecule has 0 saturated carbocycles. The molecule has 0 N–H and O–H groups in total. The summed E-state index contributed by atoms with van der Waals surface area (Å²) in [6.07, 6.45) is 8.42. The Balaban J connectivity index is 1.12. The van der Waals surface area contributed by atoms with Crippen LogP contribution in [0.5, 0.6) is 0 Å². The van der Waals surface area contributed by atoms with Gasteiger partial charge in [-0.1, -0.05) is 145 Å². The molecule has 2 nitrogen and oxygen atoms in total. The number of aryl methyl sites for hydroxylation is 1. The maximum absolute atomic E-state index is 2.30. The van der Waals surface area contributed by atoms with Gasteiger partial charge >= 0.3 is 0 Å². The van der Waals surface area contributed by atoms with Crippen molar-refractivity contribution in [1.82, 2.24) is 0 Å². The van der Waals surface area contributed by atoms with Crippen molar-refractivity contribution in [2.75, 3.05) is 9.80 Å². The van der Waals surface area contributed by atoms with E-state index >= 15 is 0 Å². The molecule has 0 spiro atoms. The molecular formula is C47H38N2. The molecule has 0 atom stereocenters. The minimum absolute atomic E-state index is 1.11. The molecule has 0 aromatic heterocycles. The maximum atomic E-state index is 2.30. The largest absolute Gasteiger partial charge is 0.311 e. The zero-order chi connectivity index (χ0) is 33.3.